The molecule has 3 aromatic rings. The number of aromatic nitrogens is 5. The second-order valence-corrected chi connectivity index (χ2v) is 6.53. The summed E-state index contributed by atoms with van der Waals surface area (Å²) in [5, 5.41) is 14.6. The highest BCUT2D eigenvalue weighted by atomic mass is 16.3. The predicted octanol–water partition coefficient (Wildman–Crippen LogP) is 2.72. The van der Waals surface area contributed by atoms with Crippen molar-refractivity contribution in [3.63, 3.8) is 0 Å². The van der Waals surface area contributed by atoms with Crippen LogP contribution in [0.25, 0.3) is 5.65 Å². The number of fused-ring (bicyclic) bond motifs is 1. The first-order valence-corrected chi connectivity index (χ1v) is 8.53. The van der Waals surface area contributed by atoms with Crippen LogP contribution in [-0.2, 0) is 13.0 Å². The van der Waals surface area contributed by atoms with Gasteiger partial charge in [-0.3, -0.25) is 0 Å². The number of aliphatic hydroxyl groups is 1. The van der Waals surface area contributed by atoms with Gasteiger partial charge in [0.25, 0.3) is 0 Å². The Bertz CT molecular complexity index is 833. The molecule has 0 spiro atoms. The Labute approximate surface area is 142 Å². The summed E-state index contributed by atoms with van der Waals surface area (Å²) in [6, 6.07) is 5.99. The number of rotatable bonds is 6. The van der Waals surface area contributed by atoms with Crippen LogP contribution < -0.4 is 0 Å². The van der Waals surface area contributed by atoms with Crippen LogP contribution in [0.15, 0.2) is 24.4 Å². The second-order valence-electron chi connectivity index (χ2n) is 6.53. The zero-order valence-corrected chi connectivity index (χ0v) is 14.8. The van der Waals surface area contributed by atoms with Gasteiger partial charge in [-0.15, -0.1) is 0 Å². The largest absolute Gasteiger partial charge is 0.391 e. The summed E-state index contributed by atoms with van der Waals surface area (Å²) in [6.07, 6.45) is 2.96. The normalized spacial score (nSPS) is 13.1. The number of hydrogen-bond donors (Lipinski definition) is 1. The molecule has 6 heteroatoms. The molecule has 1 atom stereocenters. The van der Waals surface area contributed by atoms with Gasteiger partial charge in [-0.25, -0.2) is 14.6 Å². The molecule has 0 unspecified atom stereocenters. The van der Waals surface area contributed by atoms with Crippen LogP contribution in [0.4, 0.5) is 0 Å². The molecule has 0 saturated carbocycles. The predicted molar refractivity (Wildman–Crippen MR) is 93.1 cm³/mol. The first-order chi connectivity index (χ1) is 11.5. The molecule has 0 radical (unpaired) electrons. The fourth-order valence-corrected chi connectivity index (χ4v) is 2.77. The zero-order chi connectivity index (χ0) is 17.3. The van der Waals surface area contributed by atoms with Crippen molar-refractivity contribution in [2.45, 2.75) is 59.1 Å². The Balaban J connectivity index is 2.00. The topological polar surface area (TPSA) is 68.2 Å². The molecule has 0 saturated heterocycles. The molecule has 24 heavy (non-hydrogen) atoms. The number of aryl methyl sites for hydroxylation is 1. The lowest BCUT2D eigenvalue weighted by Gasteiger charge is -2.10. The minimum absolute atomic E-state index is 0.257. The third-order valence-electron chi connectivity index (χ3n) is 4.29. The Kier molecular flexibility index (Phi) is 4.66. The van der Waals surface area contributed by atoms with E-state index in [1.807, 2.05) is 42.9 Å². The van der Waals surface area contributed by atoms with Crippen molar-refractivity contribution >= 4 is 5.65 Å². The van der Waals surface area contributed by atoms with Crippen LogP contribution in [-0.4, -0.2) is 35.4 Å². The molecule has 0 aliphatic heterocycles. The lowest BCUT2D eigenvalue weighted by atomic mass is 10.2. The molecule has 0 fully saturated rings. The van der Waals surface area contributed by atoms with Crippen molar-refractivity contribution in [2.24, 2.45) is 0 Å². The molecule has 3 heterocycles. The van der Waals surface area contributed by atoms with E-state index in [9.17, 15) is 5.11 Å². The van der Waals surface area contributed by atoms with E-state index in [2.05, 4.69) is 28.3 Å². The molecule has 128 valence electrons. The second kappa shape index (κ2) is 6.73. The van der Waals surface area contributed by atoms with Crippen LogP contribution in [0, 0.1) is 6.92 Å². The zero-order valence-electron chi connectivity index (χ0n) is 14.8. The van der Waals surface area contributed by atoms with Crippen molar-refractivity contribution in [2.75, 3.05) is 0 Å². The Hall–Kier alpha value is -2.21. The van der Waals surface area contributed by atoms with E-state index in [4.69, 9.17) is 4.98 Å². The van der Waals surface area contributed by atoms with Gasteiger partial charge in [-0.05, 0) is 25.5 Å². The van der Waals surface area contributed by atoms with Gasteiger partial charge in [0, 0.05) is 12.1 Å². The molecule has 0 amide bonds. The third kappa shape index (κ3) is 3.19. The number of aliphatic hydroxyl groups excluding tert-OH is 1. The van der Waals surface area contributed by atoms with Gasteiger partial charge in [0.2, 0.25) is 0 Å². The highest BCUT2D eigenvalue weighted by Gasteiger charge is 2.18. The number of hydrogen-bond acceptors (Lipinski definition) is 4. The minimum Gasteiger partial charge on any atom is -0.391 e. The van der Waals surface area contributed by atoms with Crippen LogP contribution >= 0.6 is 0 Å². The summed E-state index contributed by atoms with van der Waals surface area (Å²) in [6.45, 7) is 8.63. The standard InChI is InChI=1S/C18H25N5O/c1-5-14(24)11-23-17(20-18(21-23)12(2)3)10-15-13(4)19-16-8-6-7-9-22(15)16/h6-9,12,14,24H,5,10-11H2,1-4H3/t14-/m0/s1. The molecule has 0 aliphatic rings. The van der Waals surface area contributed by atoms with E-state index in [-0.39, 0.29) is 5.92 Å². The average Bonchev–Trinajstić information content (AvgIpc) is 3.09. The highest BCUT2D eigenvalue weighted by Crippen LogP contribution is 2.18. The van der Waals surface area contributed by atoms with Crippen LogP contribution in [0.3, 0.4) is 0 Å². The molecular weight excluding hydrogens is 302 g/mol. The minimum atomic E-state index is -0.409. The van der Waals surface area contributed by atoms with Gasteiger partial charge < -0.3 is 9.51 Å². The van der Waals surface area contributed by atoms with Gasteiger partial charge in [0.1, 0.15) is 11.5 Å². The fourth-order valence-electron chi connectivity index (χ4n) is 2.77. The van der Waals surface area contributed by atoms with Crippen molar-refractivity contribution in [1.29, 1.82) is 0 Å². The SMILES string of the molecule is CC[C@H](O)Cn1nc(C(C)C)nc1Cc1c(C)nc2ccccn12. The van der Waals surface area contributed by atoms with Crippen LogP contribution in [0.1, 0.15) is 56.1 Å². The summed E-state index contributed by atoms with van der Waals surface area (Å²) in [7, 11) is 0. The highest BCUT2D eigenvalue weighted by molar-refractivity contribution is 5.43. The first-order valence-electron chi connectivity index (χ1n) is 8.53. The van der Waals surface area contributed by atoms with E-state index in [0.717, 1.165) is 28.7 Å². The molecular formula is C18H25N5O. The molecule has 1 N–H and O–H groups in total. The summed E-state index contributed by atoms with van der Waals surface area (Å²) in [5.41, 5.74) is 3.05. The molecule has 0 aromatic carbocycles. The molecule has 0 aliphatic carbocycles. The van der Waals surface area contributed by atoms with Gasteiger partial charge >= 0.3 is 0 Å². The molecule has 3 rings (SSSR count). The summed E-state index contributed by atoms with van der Waals surface area (Å²) >= 11 is 0. The summed E-state index contributed by atoms with van der Waals surface area (Å²) < 4.78 is 3.95. The average molecular weight is 327 g/mol. The van der Waals surface area contributed by atoms with E-state index in [1.165, 1.54) is 0 Å². The van der Waals surface area contributed by atoms with Crippen molar-refractivity contribution in [1.82, 2.24) is 24.1 Å². The number of imidazole rings is 1. The quantitative estimate of drug-likeness (QED) is 0.756. The van der Waals surface area contributed by atoms with Gasteiger partial charge in [-0.1, -0.05) is 26.8 Å². The Morgan fingerprint density at radius 2 is 2.00 bits per heavy atom. The molecule has 0 bridgehead atoms. The van der Waals surface area contributed by atoms with E-state index in [1.54, 1.807) is 0 Å². The maximum absolute atomic E-state index is 10.0. The van der Waals surface area contributed by atoms with Gasteiger partial charge in [-0.2, -0.15) is 5.10 Å². The third-order valence-corrected chi connectivity index (χ3v) is 4.29. The van der Waals surface area contributed by atoms with Gasteiger partial charge in [0.15, 0.2) is 5.82 Å². The Morgan fingerprint density at radius 3 is 2.71 bits per heavy atom. The molecule has 6 nitrogen and oxygen atoms in total. The fraction of sp³-hybridized carbons (Fsp3) is 0.500. The molecule has 3 aromatic heterocycles. The van der Waals surface area contributed by atoms with Crippen molar-refractivity contribution in [3.8, 4) is 0 Å². The maximum atomic E-state index is 10.0. The lowest BCUT2D eigenvalue weighted by molar-refractivity contribution is 0.143. The van der Waals surface area contributed by atoms with E-state index < -0.39 is 6.10 Å². The van der Waals surface area contributed by atoms with Gasteiger partial charge in [0.05, 0.1) is 30.5 Å². The smallest absolute Gasteiger partial charge is 0.153 e. The number of pyridine rings is 1. The van der Waals surface area contributed by atoms with E-state index in [0.29, 0.717) is 19.4 Å². The monoisotopic (exact) mass is 327 g/mol. The van der Waals surface area contributed by atoms with E-state index >= 15 is 0 Å². The Morgan fingerprint density at radius 1 is 1.21 bits per heavy atom. The van der Waals surface area contributed by atoms with Crippen LogP contribution in [0.2, 0.25) is 0 Å². The first kappa shape index (κ1) is 16.6. The van der Waals surface area contributed by atoms with Crippen LogP contribution in [0.5, 0.6) is 0 Å². The van der Waals surface area contributed by atoms with Crippen molar-refractivity contribution in [3.05, 3.63) is 47.4 Å². The summed E-state index contributed by atoms with van der Waals surface area (Å²) in [5.74, 6) is 1.95. The number of nitrogens with zero attached hydrogens (tertiary/aromatic N) is 5. The van der Waals surface area contributed by atoms with Crippen molar-refractivity contribution < 1.29 is 5.11 Å². The lowest BCUT2D eigenvalue weighted by Crippen LogP contribution is -2.18. The maximum Gasteiger partial charge on any atom is 0.153 e. The summed E-state index contributed by atoms with van der Waals surface area (Å²) in [4.78, 5) is 9.33.